The normalized spacial score (nSPS) is 15.5. The number of para-hydroxylation sites is 1. The molecule has 4 nitrogen and oxygen atoms in total. The summed E-state index contributed by atoms with van der Waals surface area (Å²) in [4.78, 5) is 12.6. The summed E-state index contributed by atoms with van der Waals surface area (Å²) in [5.41, 5.74) is 4.23. The van der Waals surface area contributed by atoms with Gasteiger partial charge in [-0.1, -0.05) is 36.4 Å². The van der Waals surface area contributed by atoms with E-state index in [1.807, 2.05) is 18.2 Å². The molecule has 3 aromatic rings. The molecule has 0 bridgehead atoms. The van der Waals surface area contributed by atoms with Gasteiger partial charge in [0.2, 0.25) is 0 Å². The zero-order valence-electron chi connectivity index (χ0n) is 13.1. The number of benzene rings is 2. The summed E-state index contributed by atoms with van der Waals surface area (Å²) in [6.45, 7) is 2.82. The molecule has 1 saturated carbocycles. The van der Waals surface area contributed by atoms with E-state index in [0.29, 0.717) is 12.1 Å². The van der Waals surface area contributed by atoms with Gasteiger partial charge in [-0.15, -0.1) is 0 Å². The molecule has 1 heterocycles. The van der Waals surface area contributed by atoms with Crippen molar-refractivity contribution < 1.29 is 4.79 Å². The molecule has 0 aliphatic heterocycles. The third-order valence-corrected chi connectivity index (χ3v) is 4.88. The van der Waals surface area contributed by atoms with E-state index in [1.165, 1.54) is 11.1 Å². The Morgan fingerprint density at radius 1 is 1.22 bits per heavy atom. The highest BCUT2D eigenvalue weighted by atomic mass is 16.1. The van der Waals surface area contributed by atoms with Crippen molar-refractivity contribution in [3.05, 3.63) is 65.4 Å². The van der Waals surface area contributed by atoms with E-state index in [0.717, 1.165) is 23.7 Å². The molecule has 1 amide bonds. The first-order valence-corrected chi connectivity index (χ1v) is 7.96. The second-order valence-corrected chi connectivity index (χ2v) is 6.42. The molecule has 1 fully saturated rings. The molecule has 0 radical (unpaired) electrons. The van der Waals surface area contributed by atoms with Gasteiger partial charge in [0.05, 0.1) is 17.3 Å². The lowest BCUT2D eigenvalue weighted by atomic mass is 9.92. The monoisotopic (exact) mass is 305 g/mol. The van der Waals surface area contributed by atoms with Gasteiger partial charge in [0, 0.05) is 17.3 Å². The molecule has 23 heavy (non-hydrogen) atoms. The first kappa shape index (κ1) is 14.0. The Hall–Kier alpha value is -2.62. The fourth-order valence-electron chi connectivity index (χ4n) is 3.36. The minimum absolute atomic E-state index is 0.0419. The van der Waals surface area contributed by atoms with Crippen LogP contribution in [-0.4, -0.2) is 22.6 Å². The summed E-state index contributed by atoms with van der Waals surface area (Å²) < 4.78 is 0. The minimum Gasteiger partial charge on any atom is -0.351 e. The Morgan fingerprint density at radius 3 is 2.83 bits per heavy atom. The van der Waals surface area contributed by atoms with E-state index in [2.05, 4.69) is 46.7 Å². The molecule has 1 aliphatic rings. The van der Waals surface area contributed by atoms with Gasteiger partial charge in [0.25, 0.3) is 5.91 Å². The van der Waals surface area contributed by atoms with Crippen LogP contribution in [0, 0.1) is 6.92 Å². The van der Waals surface area contributed by atoms with Crippen molar-refractivity contribution in [2.24, 2.45) is 0 Å². The number of aromatic nitrogens is 2. The highest BCUT2D eigenvalue weighted by molar-refractivity contribution is 6.05. The lowest BCUT2D eigenvalue weighted by molar-refractivity contribution is 0.0951. The molecule has 116 valence electrons. The van der Waals surface area contributed by atoms with Gasteiger partial charge < -0.3 is 5.32 Å². The van der Waals surface area contributed by atoms with Crippen molar-refractivity contribution in [1.82, 2.24) is 15.5 Å². The third-order valence-electron chi connectivity index (χ3n) is 4.88. The maximum atomic E-state index is 12.6. The molecule has 0 saturated heterocycles. The van der Waals surface area contributed by atoms with Crippen LogP contribution in [0.1, 0.15) is 34.3 Å². The van der Waals surface area contributed by atoms with Crippen LogP contribution in [0.4, 0.5) is 0 Å². The number of carbonyl (C=O) groups excluding carboxylic acids is 1. The Morgan fingerprint density at radius 2 is 2.04 bits per heavy atom. The number of fused-ring (bicyclic) bond motifs is 1. The zero-order valence-corrected chi connectivity index (χ0v) is 13.1. The zero-order chi connectivity index (χ0) is 15.9. The predicted octanol–water partition coefficient (Wildman–Crippen LogP) is 3.33. The maximum Gasteiger partial charge on any atom is 0.253 e. The van der Waals surface area contributed by atoms with Crippen LogP contribution in [-0.2, 0) is 5.41 Å². The van der Waals surface area contributed by atoms with Crippen LogP contribution >= 0.6 is 0 Å². The SMILES string of the molecule is Cc1ccccc1C1(CNC(=O)c2cccc3cn[nH]c23)CC1. The van der Waals surface area contributed by atoms with Gasteiger partial charge >= 0.3 is 0 Å². The van der Waals surface area contributed by atoms with E-state index < -0.39 is 0 Å². The molecular formula is C19H19N3O. The molecule has 4 rings (SSSR count). The Bertz CT molecular complexity index is 877. The molecule has 2 N–H and O–H groups in total. The first-order valence-electron chi connectivity index (χ1n) is 7.96. The maximum absolute atomic E-state index is 12.6. The van der Waals surface area contributed by atoms with Crippen molar-refractivity contribution >= 4 is 16.8 Å². The topological polar surface area (TPSA) is 57.8 Å². The highest BCUT2D eigenvalue weighted by Gasteiger charge is 2.45. The van der Waals surface area contributed by atoms with Gasteiger partial charge in [0.15, 0.2) is 0 Å². The summed E-state index contributed by atoms with van der Waals surface area (Å²) >= 11 is 0. The molecule has 0 unspecified atom stereocenters. The van der Waals surface area contributed by atoms with E-state index in [4.69, 9.17) is 0 Å². The van der Waals surface area contributed by atoms with E-state index in [9.17, 15) is 4.79 Å². The van der Waals surface area contributed by atoms with Crippen molar-refractivity contribution in [3.63, 3.8) is 0 Å². The summed E-state index contributed by atoms with van der Waals surface area (Å²) in [5, 5.41) is 11.0. The number of nitrogens with zero attached hydrogens (tertiary/aromatic N) is 1. The number of hydrogen-bond donors (Lipinski definition) is 2. The highest BCUT2D eigenvalue weighted by Crippen LogP contribution is 2.48. The predicted molar refractivity (Wildman–Crippen MR) is 90.5 cm³/mol. The van der Waals surface area contributed by atoms with Crippen molar-refractivity contribution in [2.75, 3.05) is 6.54 Å². The summed E-state index contributed by atoms with van der Waals surface area (Å²) in [6.07, 6.45) is 4.00. The van der Waals surface area contributed by atoms with E-state index in [-0.39, 0.29) is 11.3 Å². The lowest BCUT2D eigenvalue weighted by Crippen LogP contribution is -2.32. The third kappa shape index (κ3) is 2.40. The van der Waals surface area contributed by atoms with Gasteiger partial charge in [-0.05, 0) is 37.0 Å². The van der Waals surface area contributed by atoms with Crippen molar-refractivity contribution in [3.8, 4) is 0 Å². The van der Waals surface area contributed by atoms with Crippen LogP contribution in [0.15, 0.2) is 48.7 Å². The van der Waals surface area contributed by atoms with Gasteiger partial charge in [-0.3, -0.25) is 9.89 Å². The first-order chi connectivity index (χ1) is 11.2. The molecule has 1 aliphatic carbocycles. The lowest BCUT2D eigenvalue weighted by Gasteiger charge is -2.19. The average Bonchev–Trinajstić information content (AvgIpc) is 3.20. The van der Waals surface area contributed by atoms with Gasteiger partial charge in [-0.25, -0.2) is 0 Å². The van der Waals surface area contributed by atoms with Gasteiger partial charge in [-0.2, -0.15) is 5.10 Å². The van der Waals surface area contributed by atoms with E-state index >= 15 is 0 Å². The Labute approximate surface area is 134 Å². The molecule has 4 heteroatoms. The number of aryl methyl sites for hydroxylation is 1. The summed E-state index contributed by atoms with van der Waals surface area (Å²) in [7, 11) is 0. The van der Waals surface area contributed by atoms with Crippen LogP contribution in [0.25, 0.3) is 10.9 Å². The number of amides is 1. The minimum atomic E-state index is -0.0419. The van der Waals surface area contributed by atoms with Crippen molar-refractivity contribution in [1.29, 1.82) is 0 Å². The number of rotatable bonds is 4. The number of nitrogens with one attached hydrogen (secondary N) is 2. The second-order valence-electron chi connectivity index (χ2n) is 6.42. The summed E-state index contributed by atoms with van der Waals surface area (Å²) in [5.74, 6) is -0.0419. The van der Waals surface area contributed by atoms with Crippen LogP contribution < -0.4 is 5.32 Å². The molecule has 2 aromatic carbocycles. The fourth-order valence-corrected chi connectivity index (χ4v) is 3.36. The number of hydrogen-bond acceptors (Lipinski definition) is 2. The average molecular weight is 305 g/mol. The Kier molecular flexibility index (Phi) is 3.18. The number of carbonyl (C=O) groups is 1. The number of H-pyrrole nitrogens is 1. The van der Waals surface area contributed by atoms with Crippen molar-refractivity contribution in [2.45, 2.75) is 25.2 Å². The fraction of sp³-hybridized carbons (Fsp3) is 0.263. The molecular weight excluding hydrogens is 286 g/mol. The smallest absolute Gasteiger partial charge is 0.253 e. The quantitative estimate of drug-likeness (QED) is 0.777. The molecule has 0 spiro atoms. The van der Waals surface area contributed by atoms with Gasteiger partial charge in [0.1, 0.15) is 0 Å². The standard InChI is InChI=1S/C19H19N3O/c1-13-5-2-3-8-16(13)19(9-10-19)12-20-18(23)15-7-4-6-14-11-21-22-17(14)15/h2-8,11H,9-10,12H2,1H3,(H,20,23)(H,21,22). The summed E-state index contributed by atoms with van der Waals surface area (Å²) in [6, 6.07) is 14.1. The van der Waals surface area contributed by atoms with Crippen LogP contribution in [0.2, 0.25) is 0 Å². The van der Waals surface area contributed by atoms with Crippen LogP contribution in [0.3, 0.4) is 0 Å². The largest absolute Gasteiger partial charge is 0.351 e. The molecule has 1 aromatic heterocycles. The second kappa shape index (κ2) is 5.23. The van der Waals surface area contributed by atoms with Crippen LogP contribution in [0.5, 0.6) is 0 Å². The number of aromatic amines is 1. The Balaban J connectivity index is 1.54. The van der Waals surface area contributed by atoms with E-state index in [1.54, 1.807) is 6.20 Å². The molecule has 0 atom stereocenters.